The largest absolute Gasteiger partial charge is 0.384 e. The summed E-state index contributed by atoms with van der Waals surface area (Å²) >= 11 is 0. The Morgan fingerprint density at radius 1 is 1.50 bits per heavy atom. The molecule has 0 N–H and O–H groups in total. The van der Waals surface area contributed by atoms with Gasteiger partial charge in [0.1, 0.15) is 0 Å². The first-order valence-electron chi connectivity index (χ1n) is 6.27. The quantitative estimate of drug-likeness (QED) is 0.800. The third kappa shape index (κ3) is 3.07. The molecular formula is C12H19N3O3. The lowest BCUT2D eigenvalue weighted by Gasteiger charge is -2.29. The maximum Gasteiger partial charge on any atom is 0.229 e. The van der Waals surface area contributed by atoms with E-state index in [-0.39, 0.29) is 11.8 Å². The van der Waals surface area contributed by atoms with Gasteiger partial charge in [-0.1, -0.05) is 5.16 Å². The number of piperidine rings is 1. The second-order valence-corrected chi connectivity index (χ2v) is 4.57. The molecule has 6 nitrogen and oxygen atoms in total. The van der Waals surface area contributed by atoms with Crippen LogP contribution in [-0.2, 0) is 16.0 Å². The minimum Gasteiger partial charge on any atom is -0.384 e. The van der Waals surface area contributed by atoms with Crippen LogP contribution in [-0.4, -0.2) is 47.8 Å². The molecule has 1 saturated heterocycles. The first kappa shape index (κ1) is 13.0. The van der Waals surface area contributed by atoms with E-state index in [1.165, 1.54) is 0 Å². The van der Waals surface area contributed by atoms with Crippen molar-refractivity contribution >= 4 is 5.91 Å². The molecule has 2 heterocycles. The lowest BCUT2D eigenvalue weighted by Crippen LogP contribution is -2.36. The van der Waals surface area contributed by atoms with E-state index in [4.69, 9.17) is 9.26 Å². The average Bonchev–Trinajstić information content (AvgIpc) is 2.85. The van der Waals surface area contributed by atoms with Crippen LogP contribution < -0.4 is 0 Å². The van der Waals surface area contributed by atoms with E-state index in [0.717, 1.165) is 25.9 Å². The van der Waals surface area contributed by atoms with Gasteiger partial charge < -0.3 is 14.2 Å². The van der Waals surface area contributed by atoms with Crippen LogP contribution in [0.3, 0.4) is 0 Å². The van der Waals surface area contributed by atoms with Gasteiger partial charge in [-0.25, -0.2) is 0 Å². The van der Waals surface area contributed by atoms with E-state index in [1.54, 1.807) is 14.0 Å². The predicted octanol–water partition coefficient (Wildman–Crippen LogP) is 0.984. The van der Waals surface area contributed by atoms with Crippen molar-refractivity contribution in [3.63, 3.8) is 0 Å². The van der Waals surface area contributed by atoms with Crippen molar-refractivity contribution in [1.29, 1.82) is 0 Å². The molecule has 2 rings (SSSR count). The van der Waals surface area contributed by atoms with Gasteiger partial charge in [-0.3, -0.25) is 4.79 Å². The van der Waals surface area contributed by atoms with Crippen molar-refractivity contribution in [2.45, 2.75) is 32.1 Å². The van der Waals surface area contributed by atoms with Crippen molar-refractivity contribution in [1.82, 2.24) is 15.0 Å². The van der Waals surface area contributed by atoms with Crippen LogP contribution in [0.5, 0.6) is 0 Å². The summed E-state index contributed by atoms with van der Waals surface area (Å²) in [6.45, 7) is 3.75. The molecule has 0 aromatic carbocycles. The normalized spacial score (nSPS) is 17.1. The van der Waals surface area contributed by atoms with Crippen molar-refractivity contribution in [2.75, 3.05) is 26.8 Å². The summed E-state index contributed by atoms with van der Waals surface area (Å²) in [6, 6.07) is 0. The van der Waals surface area contributed by atoms with Crippen LogP contribution in [0.25, 0.3) is 0 Å². The summed E-state index contributed by atoms with van der Waals surface area (Å²) in [6.07, 6.45) is 2.46. The number of likely N-dealkylation sites (tertiary alicyclic amines) is 1. The van der Waals surface area contributed by atoms with E-state index in [2.05, 4.69) is 10.1 Å². The Kier molecular flexibility index (Phi) is 4.30. The molecule has 1 aliphatic heterocycles. The standard InChI is InChI=1S/C12H19N3O3/c1-9(16)15-6-3-10(4-7-15)12-13-11(14-18-12)5-8-17-2/h10H,3-8H2,1-2H3. The number of carbonyl (C=O) groups excluding carboxylic acids is 1. The molecule has 1 aliphatic rings. The maximum atomic E-state index is 11.2. The summed E-state index contributed by atoms with van der Waals surface area (Å²) in [7, 11) is 1.65. The summed E-state index contributed by atoms with van der Waals surface area (Å²) in [5.74, 6) is 1.81. The van der Waals surface area contributed by atoms with Gasteiger partial charge in [0.25, 0.3) is 0 Å². The molecule has 100 valence electrons. The van der Waals surface area contributed by atoms with Gasteiger partial charge in [0.05, 0.1) is 6.61 Å². The highest BCUT2D eigenvalue weighted by Gasteiger charge is 2.25. The van der Waals surface area contributed by atoms with E-state index in [1.807, 2.05) is 4.90 Å². The Hall–Kier alpha value is -1.43. The minimum absolute atomic E-state index is 0.139. The van der Waals surface area contributed by atoms with Gasteiger partial charge >= 0.3 is 0 Å². The molecule has 0 radical (unpaired) electrons. The van der Waals surface area contributed by atoms with Crippen LogP contribution in [0, 0.1) is 0 Å². The number of methoxy groups -OCH3 is 1. The number of hydrogen-bond acceptors (Lipinski definition) is 5. The summed E-state index contributed by atoms with van der Waals surface area (Å²) in [5, 5.41) is 3.94. The summed E-state index contributed by atoms with van der Waals surface area (Å²) < 4.78 is 10.3. The SMILES string of the molecule is COCCc1noc(C2CCN(C(C)=O)CC2)n1. The monoisotopic (exact) mass is 253 g/mol. The van der Waals surface area contributed by atoms with E-state index in [0.29, 0.717) is 24.7 Å². The third-order valence-corrected chi connectivity index (χ3v) is 3.30. The lowest BCUT2D eigenvalue weighted by atomic mass is 9.97. The van der Waals surface area contributed by atoms with Gasteiger partial charge in [0.2, 0.25) is 11.8 Å². The Morgan fingerprint density at radius 2 is 2.22 bits per heavy atom. The first-order chi connectivity index (χ1) is 8.70. The molecule has 0 bridgehead atoms. The molecule has 1 aromatic rings. The first-order valence-corrected chi connectivity index (χ1v) is 6.27. The Morgan fingerprint density at radius 3 is 2.83 bits per heavy atom. The van der Waals surface area contributed by atoms with Crippen LogP contribution in [0.2, 0.25) is 0 Å². The van der Waals surface area contributed by atoms with Gasteiger partial charge in [-0.2, -0.15) is 4.98 Å². The molecule has 0 saturated carbocycles. The topological polar surface area (TPSA) is 68.5 Å². The van der Waals surface area contributed by atoms with Gasteiger partial charge in [0.15, 0.2) is 5.82 Å². The molecule has 0 unspecified atom stereocenters. The predicted molar refractivity (Wildman–Crippen MR) is 64.1 cm³/mol. The van der Waals surface area contributed by atoms with Crippen molar-refractivity contribution in [3.8, 4) is 0 Å². The molecule has 1 aromatic heterocycles. The smallest absolute Gasteiger partial charge is 0.229 e. The molecular weight excluding hydrogens is 234 g/mol. The Labute approximate surface area is 106 Å². The van der Waals surface area contributed by atoms with E-state index >= 15 is 0 Å². The second-order valence-electron chi connectivity index (χ2n) is 4.57. The minimum atomic E-state index is 0.139. The fraction of sp³-hybridized carbons (Fsp3) is 0.750. The molecule has 1 fully saturated rings. The molecule has 0 spiro atoms. The second kappa shape index (κ2) is 5.95. The number of amides is 1. The van der Waals surface area contributed by atoms with Crippen LogP contribution in [0.4, 0.5) is 0 Å². The average molecular weight is 253 g/mol. The Balaban J connectivity index is 1.89. The summed E-state index contributed by atoms with van der Waals surface area (Å²) in [4.78, 5) is 17.5. The molecule has 0 aliphatic carbocycles. The summed E-state index contributed by atoms with van der Waals surface area (Å²) in [5.41, 5.74) is 0. The zero-order valence-corrected chi connectivity index (χ0v) is 10.9. The molecule has 6 heteroatoms. The fourth-order valence-corrected chi connectivity index (χ4v) is 2.17. The lowest BCUT2D eigenvalue weighted by molar-refractivity contribution is -0.129. The maximum absolute atomic E-state index is 11.2. The zero-order valence-electron chi connectivity index (χ0n) is 10.9. The number of ether oxygens (including phenoxy) is 1. The highest BCUT2D eigenvalue weighted by Crippen LogP contribution is 2.26. The molecule has 1 amide bonds. The van der Waals surface area contributed by atoms with E-state index in [9.17, 15) is 4.79 Å². The number of carbonyl (C=O) groups is 1. The third-order valence-electron chi connectivity index (χ3n) is 3.30. The Bertz CT molecular complexity index is 397. The number of nitrogens with zero attached hydrogens (tertiary/aromatic N) is 3. The van der Waals surface area contributed by atoms with Crippen molar-refractivity contribution in [2.24, 2.45) is 0 Å². The molecule has 18 heavy (non-hydrogen) atoms. The fourth-order valence-electron chi connectivity index (χ4n) is 2.17. The number of rotatable bonds is 4. The van der Waals surface area contributed by atoms with E-state index < -0.39 is 0 Å². The highest BCUT2D eigenvalue weighted by atomic mass is 16.5. The van der Waals surface area contributed by atoms with Crippen LogP contribution in [0.15, 0.2) is 4.52 Å². The van der Waals surface area contributed by atoms with Gasteiger partial charge in [-0.05, 0) is 12.8 Å². The molecule has 0 atom stereocenters. The zero-order chi connectivity index (χ0) is 13.0. The van der Waals surface area contributed by atoms with Crippen LogP contribution in [0.1, 0.15) is 37.4 Å². The van der Waals surface area contributed by atoms with Crippen LogP contribution >= 0.6 is 0 Å². The number of aromatic nitrogens is 2. The van der Waals surface area contributed by atoms with Gasteiger partial charge in [-0.15, -0.1) is 0 Å². The van der Waals surface area contributed by atoms with Crippen molar-refractivity contribution < 1.29 is 14.1 Å². The van der Waals surface area contributed by atoms with Gasteiger partial charge in [0, 0.05) is 39.5 Å². The van der Waals surface area contributed by atoms with Crippen molar-refractivity contribution in [3.05, 3.63) is 11.7 Å². The number of hydrogen-bond donors (Lipinski definition) is 0. The highest BCUT2D eigenvalue weighted by molar-refractivity contribution is 5.73.